The van der Waals surface area contributed by atoms with E-state index >= 15 is 0 Å². The lowest BCUT2D eigenvalue weighted by Gasteiger charge is -1.94. The molecule has 1 heterocycles. The van der Waals surface area contributed by atoms with E-state index < -0.39 is 0 Å². The van der Waals surface area contributed by atoms with Gasteiger partial charge in [-0.15, -0.1) is 10.2 Å². The highest BCUT2D eigenvalue weighted by Crippen LogP contribution is 2.41. The standard InChI is InChI=1S/C8H10N2O2S/c1-2-12-8(11)7-10-9-6(13-7)5-3-4-5/h5H,2-4H2,1H3. The number of carbonyl (C=O) groups excluding carboxylic acids is 1. The zero-order chi connectivity index (χ0) is 9.26. The van der Waals surface area contributed by atoms with Crippen molar-refractivity contribution in [2.24, 2.45) is 0 Å². The van der Waals surface area contributed by atoms with E-state index in [1.807, 2.05) is 0 Å². The van der Waals surface area contributed by atoms with Gasteiger partial charge in [0.05, 0.1) is 6.61 Å². The zero-order valence-corrected chi connectivity index (χ0v) is 8.13. The molecule has 2 rings (SSSR count). The molecule has 0 bridgehead atoms. The highest BCUT2D eigenvalue weighted by Gasteiger charge is 2.28. The fourth-order valence-electron chi connectivity index (χ4n) is 1.01. The van der Waals surface area contributed by atoms with Crippen LogP contribution in [0.5, 0.6) is 0 Å². The lowest BCUT2D eigenvalue weighted by molar-refractivity contribution is 0.0525. The van der Waals surface area contributed by atoms with Gasteiger partial charge in [0.15, 0.2) is 0 Å². The predicted molar refractivity (Wildman–Crippen MR) is 47.8 cm³/mol. The van der Waals surface area contributed by atoms with Crippen LogP contribution < -0.4 is 0 Å². The van der Waals surface area contributed by atoms with Crippen LogP contribution in [0, 0.1) is 0 Å². The van der Waals surface area contributed by atoms with Gasteiger partial charge in [0.2, 0.25) is 5.01 Å². The number of nitrogens with zero attached hydrogens (tertiary/aromatic N) is 2. The van der Waals surface area contributed by atoms with E-state index in [-0.39, 0.29) is 5.97 Å². The smallest absolute Gasteiger partial charge is 0.369 e. The van der Waals surface area contributed by atoms with Crippen LogP contribution >= 0.6 is 11.3 Å². The molecule has 4 nitrogen and oxygen atoms in total. The van der Waals surface area contributed by atoms with E-state index in [9.17, 15) is 4.79 Å². The van der Waals surface area contributed by atoms with Crippen molar-refractivity contribution in [2.75, 3.05) is 6.61 Å². The molecule has 1 aliphatic rings. The molecule has 1 aromatic heterocycles. The van der Waals surface area contributed by atoms with Crippen molar-refractivity contribution < 1.29 is 9.53 Å². The Kier molecular flexibility index (Phi) is 2.26. The van der Waals surface area contributed by atoms with E-state index in [0.717, 1.165) is 5.01 Å². The maximum absolute atomic E-state index is 11.2. The first-order valence-electron chi connectivity index (χ1n) is 4.31. The summed E-state index contributed by atoms with van der Waals surface area (Å²) in [6, 6.07) is 0. The molecule has 70 valence electrons. The average Bonchev–Trinajstić information content (AvgIpc) is 2.84. The molecule has 0 saturated heterocycles. The number of hydrogen-bond donors (Lipinski definition) is 0. The molecule has 0 atom stereocenters. The third kappa shape index (κ3) is 1.85. The van der Waals surface area contributed by atoms with E-state index in [1.54, 1.807) is 6.92 Å². The molecule has 0 aromatic carbocycles. The van der Waals surface area contributed by atoms with Crippen molar-refractivity contribution in [3.05, 3.63) is 10.0 Å². The molecule has 0 radical (unpaired) electrons. The Balaban J connectivity index is 2.07. The lowest BCUT2D eigenvalue weighted by Crippen LogP contribution is -2.03. The summed E-state index contributed by atoms with van der Waals surface area (Å²) in [6.07, 6.45) is 2.36. The Hall–Kier alpha value is -0.970. The predicted octanol–water partition coefficient (Wildman–Crippen LogP) is 1.59. The molecule has 0 unspecified atom stereocenters. The Morgan fingerprint density at radius 1 is 1.62 bits per heavy atom. The van der Waals surface area contributed by atoms with E-state index in [1.165, 1.54) is 24.2 Å². The van der Waals surface area contributed by atoms with Crippen LogP contribution in [0.3, 0.4) is 0 Å². The van der Waals surface area contributed by atoms with Crippen LogP contribution in [0.4, 0.5) is 0 Å². The third-order valence-electron chi connectivity index (χ3n) is 1.82. The number of carbonyl (C=O) groups is 1. The average molecular weight is 198 g/mol. The number of esters is 1. The molecule has 1 aliphatic carbocycles. The fourth-order valence-corrected chi connectivity index (χ4v) is 1.91. The van der Waals surface area contributed by atoms with Gasteiger partial charge in [0, 0.05) is 5.92 Å². The number of aromatic nitrogens is 2. The van der Waals surface area contributed by atoms with E-state index in [4.69, 9.17) is 4.74 Å². The van der Waals surface area contributed by atoms with Gasteiger partial charge in [-0.05, 0) is 19.8 Å². The second-order valence-electron chi connectivity index (χ2n) is 2.94. The minimum absolute atomic E-state index is 0.355. The van der Waals surface area contributed by atoms with Gasteiger partial charge < -0.3 is 4.74 Å². The summed E-state index contributed by atoms with van der Waals surface area (Å²) in [5.41, 5.74) is 0. The Labute approximate surface area is 79.9 Å². The molecular formula is C8H10N2O2S. The van der Waals surface area contributed by atoms with Gasteiger partial charge in [0.25, 0.3) is 0 Å². The molecule has 5 heteroatoms. The molecule has 0 aliphatic heterocycles. The van der Waals surface area contributed by atoms with Crippen LogP contribution in [0.2, 0.25) is 0 Å². The van der Waals surface area contributed by atoms with Crippen molar-refractivity contribution >= 4 is 17.3 Å². The molecule has 0 spiro atoms. The molecular weight excluding hydrogens is 188 g/mol. The van der Waals surface area contributed by atoms with Crippen molar-refractivity contribution in [3.63, 3.8) is 0 Å². The second kappa shape index (κ2) is 3.41. The Morgan fingerprint density at radius 2 is 2.38 bits per heavy atom. The minimum Gasteiger partial charge on any atom is -0.461 e. The minimum atomic E-state index is -0.355. The Morgan fingerprint density at radius 3 is 3.00 bits per heavy atom. The van der Waals surface area contributed by atoms with Crippen molar-refractivity contribution in [1.29, 1.82) is 0 Å². The lowest BCUT2D eigenvalue weighted by atomic mass is 10.5. The van der Waals surface area contributed by atoms with Crippen LogP contribution in [0.25, 0.3) is 0 Å². The van der Waals surface area contributed by atoms with Gasteiger partial charge in [0.1, 0.15) is 5.01 Å². The monoisotopic (exact) mass is 198 g/mol. The molecule has 1 saturated carbocycles. The summed E-state index contributed by atoms with van der Waals surface area (Å²) in [7, 11) is 0. The van der Waals surface area contributed by atoms with E-state index in [2.05, 4.69) is 10.2 Å². The van der Waals surface area contributed by atoms with Gasteiger partial charge in [-0.1, -0.05) is 11.3 Å². The quantitative estimate of drug-likeness (QED) is 0.692. The summed E-state index contributed by atoms with van der Waals surface area (Å²) in [4.78, 5) is 11.2. The summed E-state index contributed by atoms with van der Waals surface area (Å²) in [5.74, 6) is 0.201. The summed E-state index contributed by atoms with van der Waals surface area (Å²) in [5, 5.41) is 9.09. The van der Waals surface area contributed by atoms with Crippen molar-refractivity contribution in [2.45, 2.75) is 25.7 Å². The van der Waals surface area contributed by atoms with Crippen LogP contribution in [0.15, 0.2) is 0 Å². The SMILES string of the molecule is CCOC(=O)c1nnc(C2CC2)s1. The molecule has 0 N–H and O–H groups in total. The highest BCUT2D eigenvalue weighted by molar-refractivity contribution is 7.13. The number of hydrogen-bond acceptors (Lipinski definition) is 5. The third-order valence-corrected chi connectivity index (χ3v) is 2.88. The first-order chi connectivity index (χ1) is 6.31. The molecule has 0 amide bonds. The van der Waals surface area contributed by atoms with Crippen LogP contribution in [-0.2, 0) is 4.74 Å². The maximum atomic E-state index is 11.2. The van der Waals surface area contributed by atoms with E-state index in [0.29, 0.717) is 17.5 Å². The van der Waals surface area contributed by atoms with Crippen LogP contribution in [-0.4, -0.2) is 22.8 Å². The first kappa shape index (κ1) is 8.62. The van der Waals surface area contributed by atoms with Gasteiger partial charge in [-0.3, -0.25) is 0 Å². The van der Waals surface area contributed by atoms with Crippen LogP contribution in [0.1, 0.15) is 40.5 Å². The molecule has 1 fully saturated rings. The second-order valence-corrected chi connectivity index (χ2v) is 3.95. The molecule has 1 aromatic rings. The molecule has 13 heavy (non-hydrogen) atoms. The van der Waals surface area contributed by atoms with Crippen molar-refractivity contribution in [1.82, 2.24) is 10.2 Å². The normalized spacial score (nSPS) is 15.8. The van der Waals surface area contributed by atoms with Gasteiger partial charge in [-0.25, -0.2) is 4.79 Å². The van der Waals surface area contributed by atoms with Crippen molar-refractivity contribution in [3.8, 4) is 0 Å². The first-order valence-corrected chi connectivity index (χ1v) is 5.13. The topological polar surface area (TPSA) is 52.1 Å². The van der Waals surface area contributed by atoms with Gasteiger partial charge in [-0.2, -0.15) is 0 Å². The summed E-state index contributed by atoms with van der Waals surface area (Å²) >= 11 is 1.35. The summed E-state index contributed by atoms with van der Waals surface area (Å²) in [6.45, 7) is 2.16. The maximum Gasteiger partial charge on any atom is 0.369 e. The Bertz CT molecular complexity index is 320. The largest absolute Gasteiger partial charge is 0.461 e. The fraction of sp³-hybridized carbons (Fsp3) is 0.625. The van der Waals surface area contributed by atoms with Gasteiger partial charge >= 0.3 is 5.97 Å². The number of ether oxygens (including phenoxy) is 1. The zero-order valence-electron chi connectivity index (χ0n) is 7.32. The summed E-state index contributed by atoms with van der Waals surface area (Å²) < 4.78 is 4.81. The number of rotatable bonds is 3. The highest BCUT2D eigenvalue weighted by atomic mass is 32.1.